The van der Waals surface area contributed by atoms with Gasteiger partial charge in [0.1, 0.15) is 0 Å². The summed E-state index contributed by atoms with van der Waals surface area (Å²) in [6.45, 7) is 7.79. The molecule has 0 saturated heterocycles. The Morgan fingerprint density at radius 2 is 1.48 bits per heavy atom. The number of rotatable bonds is 5. The van der Waals surface area contributed by atoms with E-state index in [0.29, 0.717) is 18.6 Å². The zero-order valence-electron chi connectivity index (χ0n) is 14.5. The summed E-state index contributed by atoms with van der Waals surface area (Å²) in [6, 6.07) is 1.10. The Bertz CT molecular complexity index is 268. The van der Waals surface area contributed by atoms with Crippen LogP contribution < -0.4 is 5.32 Å². The number of carbonyl (C=O) groups is 1. The monoisotopic (exact) mass is 296 g/mol. The van der Waals surface area contributed by atoms with Gasteiger partial charge in [0.2, 0.25) is 5.91 Å². The lowest BCUT2D eigenvalue weighted by Gasteiger charge is -2.33. The number of hydrogen-bond donors (Lipinski definition) is 1. The fraction of sp³-hybridized carbons (Fsp3) is 0.944. The van der Waals surface area contributed by atoms with Crippen molar-refractivity contribution in [1.29, 1.82) is 0 Å². The normalized spacial score (nSPS) is 20.8. The second-order valence-electron chi connectivity index (χ2n) is 6.26. The summed E-state index contributed by atoms with van der Waals surface area (Å²) >= 11 is 0. The first kappa shape index (κ1) is 18.5. The Labute approximate surface area is 131 Å². The summed E-state index contributed by atoms with van der Waals surface area (Å²) in [5, 5.41) is 3.24. The Balaban J connectivity index is 0.00000106. The smallest absolute Gasteiger partial charge is 0.234 e. The average molecular weight is 296 g/mol. The van der Waals surface area contributed by atoms with E-state index in [1.54, 1.807) is 0 Å². The predicted molar refractivity (Wildman–Crippen MR) is 90.5 cm³/mol. The van der Waals surface area contributed by atoms with E-state index in [-0.39, 0.29) is 5.91 Å². The van der Waals surface area contributed by atoms with Crippen LogP contribution in [0.1, 0.15) is 85.0 Å². The van der Waals surface area contributed by atoms with Crippen molar-refractivity contribution in [2.75, 3.05) is 13.1 Å². The number of hydrogen-bond acceptors (Lipinski definition) is 2. The molecular weight excluding hydrogens is 260 g/mol. The maximum absolute atomic E-state index is 12.2. The minimum atomic E-state index is 0.249. The van der Waals surface area contributed by atoms with E-state index in [2.05, 4.69) is 17.1 Å². The van der Waals surface area contributed by atoms with Gasteiger partial charge in [-0.1, -0.05) is 59.3 Å². The van der Waals surface area contributed by atoms with Gasteiger partial charge in [0, 0.05) is 12.1 Å². The lowest BCUT2D eigenvalue weighted by Crippen LogP contribution is -2.46. The van der Waals surface area contributed by atoms with Crippen LogP contribution in [0.5, 0.6) is 0 Å². The van der Waals surface area contributed by atoms with Crippen LogP contribution in [0.3, 0.4) is 0 Å². The van der Waals surface area contributed by atoms with Crippen molar-refractivity contribution in [1.82, 2.24) is 10.2 Å². The molecule has 0 bridgehead atoms. The van der Waals surface area contributed by atoms with Gasteiger partial charge in [-0.15, -0.1) is 0 Å². The second kappa shape index (κ2) is 11.1. The second-order valence-corrected chi connectivity index (χ2v) is 6.26. The molecule has 124 valence electrons. The van der Waals surface area contributed by atoms with Gasteiger partial charge in [0.25, 0.3) is 0 Å². The van der Waals surface area contributed by atoms with Crippen LogP contribution in [0.4, 0.5) is 0 Å². The topological polar surface area (TPSA) is 32.3 Å². The Hall–Kier alpha value is -0.570. The lowest BCUT2D eigenvalue weighted by molar-refractivity contribution is -0.123. The van der Waals surface area contributed by atoms with Crippen LogP contribution in [0.15, 0.2) is 0 Å². The quantitative estimate of drug-likeness (QED) is 0.828. The molecule has 0 atom stereocenters. The van der Waals surface area contributed by atoms with Crippen molar-refractivity contribution in [3.63, 3.8) is 0 Å². The maximum Gasteiger partial charge on any atom is 0.234 e. The van der Waals surface area contributed by atoms with Crippen molar-refractivity contribution in [3.8, 4) is 0 Å². The van der Waals surface area contributed by atoms with E-state index in [1.165, 1.54) is 64.2 Å². The van der Waals surface area contributed by atoms with Crippen LogP contribution in [0, 0.1) is 0 Å². The molecule has 2 aliphatic rings. The third-order valence-corrected chi connectivity index (χ3v) is 4.81. The molecule has 2 aliphatic carbocycles. The summed E-state index contributed by atoms with van der Waals surface area (Å²) < 4.78 is 0. The van der Waals surface area contributed by atoms with Crippen LogP contribution in [0.2, 0.25) is 0 Å². The molecule has 0 aromatic rings. The lowest BCUT2D eigenvalue weighted by atomic mass is 9.94. The van der Waals surface area contributed by atoms with Crippen LogP contribution in [-0.4, -0.2) is 36.0 Å². The summed E-state index contributed by atoms with van der Waals surface area (Å²) in [4.78, 5) is 14.6. The Morgan fingerprint density at radius 1 is 0.952 bits per heavy atom. The van der Waals surface area contributed by atoms with Gasteiger partial charge in [-0.25, -0.2) is 0 Å². The molecule has 0 spiro atoms. The maximum atomic E-state index is 12.2. The number of amides is 1. The van der Waals surface area contributed by atoms with E-state index < -0.39 is 0 Å². The molecular formula is C18H36N2O. The third-order valence-electron chi connectivity index (χ3n) is 4.81. The van der Waals surface area contributed by atoms with Crippen molar-refractivity contribution in [2.45, 2.75) is 97.1 Å². The molecule has 3 heteroatoms. The highest BCUT2D eigenvalue weighted by atomic mass is 16.2. The number of carbonyl (C=O) groups excluding carboxylic acids is 1. The van der Waals surface area contributed by atoms with Gasteiger partial charge in [-0.2, -0.15) is 0 Å². The third kappa shape index (κ3) is 6.82. The summed E-state index contributed by atoms with van der Waals surface area (Å²) in [5.74, 6) is 0.249. The number of nitrogens with zero attached hydrogens (tertiary/aromatic N) is 1. The number of likely N-dealkylation sites (N-methyl/N-ethyl adjacent to an activating group) is 1. The zero-order valence-corrected chi connectivity index (χ0v) is 14.5. The van der Waals surface area contributed by atoms with E-state index in [0.717, 1.165) is 6.54 Å². The molecule has 0 heterocycles. The van der Waals surface area contributed by atoms with Gasteiger partial charge in [-0.3, -0.25) is 9.69 Å². The molecule has 3 nitrogen and oxygen atoms in total. The van der Waals surface area contributed by atoms with Crippen molar-refractivity contribution >= 4 is 5.91 Å². The molecule has 2 fully saturated rings. The molecule has 2 saturated carbocycles. The predicted octanol–water partition coefficient (Wildman–Crippen LogP) is 4.12. The van der Waals surface area contributed by atoms with Gasteiger partial charge in [0.15, 0.2) is 0 Å². The van der Waals surface area contributed by atoms with E-state index in [4.69, 9.17) is 0 Å². The highest BCUT2D eigenvalue weighted by Gasteiger charge is 2.23. The molecule has 1 N–H and O–H groups in total. The summed E-state index contributed by atoms with van der Waals surface area (Å²) in [5.41, 5.74) is 0. The molecule has 0 unspecified atom stereocenters. The molecule has 0 radical (unpaired) electrons. The van der Waals surface area contributed by atoms with Crippen LogP contribution >= 0.6 is 0 Å². The Kier molecular flexibility index (Phi) is 9.73. The minimum Gasteiger partial charge on any atom is -0.352 e. The van der Waals surface area contributed by atoms with Crippen molar-refractivity contribution in [3.05, 3.63) is 0 Å². The first-order valence-corrected chi connectivity index (χ1v) is 9.33. The SMILES string of the molecule is CC.CCN(CC(=O)NC1CCCCC1)C1CCCCC1. The van der Waals surface area contributed by atoms with Gasteiger partial charge >= 0.3 is 0 Å². The van der Waals surface area contributed by atoms with E-state index in [9.17, 15) is 4.79 Å². The largest absolute Gasteiger partial charge is 0.352 e. The van der Waals surface area contributed by atoms with Crippen molar-refractivity contribution in [2.24, 2.45) is 0 Å². The van der Waals surface area contributed by atoms with Crippen LogP contribution in [-0.2, 0) is 4.79 Å². The fourth-order valence-electron chi connectivity index (χ4n) is 3.65. The molecule has 21 heavy (non-hydrogen) atoms. The van der Waals surface area contributed by atoms with Crippen molar-refractivity contribution < 1.29 is 4.79 Å². The summed E-state index contributed by atoms with van der Waals surface area (Å²) in [6.07, 6.45) is 12.9. The molecule has 0 aromatic heterocycles. The molecule has 0 aromatic carbocycles. The molecule has 2 rings (SSSR count). The zero-order chi connectivity index (χ0) is 15.5. The minimum absolute atomic E-state index is 0.249. The molecule has 0 aliphatic heterocycles. The first-order chi connectivity index (χ1) is 10.3. The van der Waals surface area contributed by atoms with Gasteiger partial charge < -0.3 is 5.32 Å². The van der Waals surface area contributed by atoms with E-state index >= 15 is 0 Å². The standard InChI is InChI=1S/C16H30N2O.C2H6/c1-2-18(15-11-7-4-8-12-15)13-16(19)17-14-9-5-3-6-10-14;1-2/h14-15H,2-13H2,1H3,(H,17,19);1-2H3. The van der Waals surface area contributed by atoms with E-state index in [1.807, 2.05) is 13.8 Å². The first-order valence-electron chi connectivity index (χ1n) is 9.33. The highest BCUT2D eigenvalue weighted by Crippen LogP contribution is 2.22. The van der Waals surface area contributed by atoms with Gasteiger partial charge in [-0.05, 0) is 32.2 Å². The van der Waals surface area contributed by atoms with Crippen LogP contribution in [0.25, 0.3) is 0 Å². The summed E-state index contributed by atoms with van der Waals surface area (Å²) in [7, 11) is 0. The highest BCUT2D eigenvalue weighted by molar-refractivity contribution is 5.78. The number of nitrogens with one attached hydrogen (secondary N) is 1. The van der Waals surface area contributed by atoms with Gasteiger partial charge in [0.05, 0.1) is 6.54 Å². The fourth-order valence-corrected chi connectivity index (χ4v) is 3.65. The Morgan fingerprint density at radius 3 is 2.00 bits per heavy atom. The molecule has 1 amide bonds. The average Bonchev–Trinajstić information content (AvgIpc) is 2.56.